The molecule has 0 saturated carbocycles. The second-order valence-electron chi connectivity index (χ2n) is 5.05. The van der Waals surface area contributed by atoms with Gasteiger partial charge in [0.2, 0.25) is 5.91 Å². The number of carbonyl (C=O) groups is 2. The summed E-state index contributed by atoms with van der Waals surface area (Å²) in [7, 11) is 0. The van der Waals surface area contributed by atoms with Gasteiger partial charge in [-0.25, -0.2) is 4.39 Å². The Morgan fingerprint density at radius 1 is 1.45 bits per heavy atom. The van der Waals surface area contributed by atoms with Crippen LogP contribution in [-0.2, 0) is 9.59 Å². The van der Waals surface area contributed by atoms with Crippen molar-refractivity contribution in [1.29, 1.82) is 0 Å². The van der Waals surface area contributed by atoms with Crippen LogP contribution in [0.1, 0.15) is 12.8 Å². The first-order valence-electron chi connectivity index (χ1n) is 6.66. The monoisotopic (exact) mass is 350 g/mol. The number of anilines is 1. The van der Waals surface area contributed by atoms with Gasteiger partial charge in [0.25, 0.3) is 0 Å². The minimum absolute atomic E-state index is 0. The number of hydrogen-bond donors (Lipinski definition) is 2. The molecule has 0 bridgehead atoms. The Hall–Kier alpha value is -1.37. The van der Waals surface area contributed by atoms with E-state index in [-0.39, 0.29) is 41.4 Å². The van der Waals surface area contributed by atoms with Crippen molar-refractivity contribution in [2.24, 2.45) is 5.92 Å². The van der Waals surface area contributed by atoms with E-state index in [1.54, 1.807) is 0 Å². The molecule has 22 heavy (non-hydrogen) atoms. The molecule has 1 aliphatic heterocycles. The Morgan fingerprint density at radius 2 is 2.18 bits per heavy atom. The molecule has 0 radical (unpaired) electrons. The first-order chi connectivity index (χ1) is 9.95. The van der Waals surface area contributed by atoms with E-state index in [4.69, 9.17) is 16.7 Å². The molecule has 1 unspecified atom stereocenters. The van der Waals surface area contributed by atoms with Crippen molar-refractivity contribution in [1.82, 2.24) is 4.90 Å². The maximum Gasteiger partial charge on any atom is 0.307 e. The molecule has 1 fully saturated rings. The lowest BCUT2D eigenvalue weighted by Crippen LogP contribution is -2.27. The summed E-state index contributed by atoms with van der Waals surface area (Å²) in [5.74, 6) is -2.05. The minimum Gasteiger partial charge on any atom is -0.481 e. The number of nitrogens with zero attached hydrogens (tertiary/aromatic N) is 1. The number of aliphatic carboxylic acids is 1. The number of nitrogens with one attached hydrogen (secondary N) is 1. The predicted octanol–water partition coefficient (Wildman–Crippen LogP) is 2.64. The number of likely N-dealkylation sites (tertiary alicyclic amines) is 1. The van der Waals surface area contributed by atoms with Gasteiger partial charge in [-0.1, -0.05) is 11.6 Å². The topological polar surface area (TPSA) is 69.6 Å². The SMILES string of the molecule is Cl.O=C(CCN1CCC(C(=O)O)C1)Nc1ccc(Cl)cc1F. The van der Waals surface area contributed by atoms with Gasteiger partial charge in [-0.3, -0.25) is 9.59 Å². The second-order valence-corrected chi connectivity index (χ2v) is 5.48. The number of carbonyl (C=O) groups excluding carboxylic acids is 1. The van der Waals surface area contributed by atoms with E-state index in [0.29, 0.717) is 26.1 Å². The molecule has 1 amide bonds. The average Bonchev–Trinajstić information content (AvgIpc) is 2.89. The van der Waals surface area contributed by atoms with Gasteiger partial charge in [-0.2, -0.15) is 0 Å². The molecule has 122 valence electrons. The van der Waals surface area contributed by atoms with Crippen LogP contribution in [0.15, 0.2) is 18.2 Å². The molecule has 1 aromatic rings. The van der Waals surface area contributed by atoms with Crippen molar-refractivity contribution in [2.45, 2.75) is 12.8 Å². The summed E-state index contributed by atoms with van der Waals surface area (Å²) in [6.45, 7) is 1.59. The van der Waals surface area contributed by atoms with Crippen molar-refractivity contribution >= 4 is 41.6 Å². The van der Waals surface area contributed by atoms with Crippen molar-refractivity contribution < 1.29 is 19.1 Å². The zero-order chi connectivity index (χ0) is 15.4. The van der Waals surface area contributed by atoms with Gasteiger partial charge < -0.3 is 15.3 Å². The highest BCUT2D eigenvalue weighted by molar-refractivity contribution is 6.30. The molecule has 1 aliphatic rings. The third-order valence-corrected chi connectivity index (χ3v) is 3.72. The van der Waals surface area contributed by atoms with Gasteiger partial charge in [-0.05, 0) is 31.2 Å². The number of benzene rings is 1. The van der Waals surface area contributed by atoms with Crippen LogP contribution in [0.4, 0.5) is 10.1 Å². The van der Waals surface area contributed by atoms with Gasteiger partial charge in [0.1, 0.15) is 5.82 Å². The Labute approximate surface area is 138 Å². The van der Waals surface area contributed by atoms with Crippen molar-refractivity contribution in [3.63, 3.8) is 0 Å². The molecule has 1 saturated heterocycles. The zero-order valence-corrected chi connectivity index (χ0v) is 13.3. The number of carboxylic acid groups (broad SMARTS) is 1. The molecule has 5 nitrogen and oxygen atoms in total. The van der Waals surface area contributed by atoms with E-state index in [1.165, 1.54) is 12.1 Å². The summed E-state index contributed by atoms with van der Waals surface area (Å²) in [5.41, 5.74) is 0.0919. The van der Waals surface area contributed by atoms with E-state index in [1.807, 2.05) is 4.90 Å². The maximum absolute atomic E-state index is 13.5. The fourth-order valence-corrected chi connectivity index (χ4v) is 2.46. The molecule has 0 aliphatic carbocycles. The molecule has 0 spiro atoms. The Balaban J connectivity index is 0.00000242. The average molecular weight is 351 g/mol. The summed E-state index contributed by atoms with van der Waals surface area (Å²) in [6, 6.07) is 4.04. The number of hydrogen-bond acceptors (Lipinski definition) is 3. The lowest BCUT2D eigenvalue weighted by molar-refractivity contribution is -0.141. The third-order valence-electron chi connectivity index (χ3n) is 3.48. The molecule has 1 heterocycles. The Morgan fingerprint density at radius 3 is 2.77 bits per heavy atom. The van der Waals surface area contributed by atoms with Crippen molar-refractivity contribution in [2.75, 3.05) is 25.0 Å². The number of rotatable bonds is 5. The van der Waals surface area contributed by atoms with E-state index in [2.05, 4.69) is 5.32 Å². The van der Waals surface area contributed by atoms with Gasteiger partial charge >= 0.3 is 5.97 Å². The van der Waals surface area contributed by atoms with Crippen LogP contribution in [0.5, 0.6) is 0 Å². The molecule has 8 heteroatoms. The summed E-state index contributed by atoms with van der Waals surface area (Å²) >= 11 is 5.63. The highest BCUT2D eigenvalue weighted by Gasteiger charge is 2.27. The van der Waals surface area contributed by atoms with E-state index in [9.17, 15) is 14.0 Å². The Bertz CT molecular complexity index is 557. The molecule has 2 N–H and O–H groups in total. The first-order valence-corrected chi connectivity index (χ1v) is 7.03. The van der Waals surface area contributed by atoms with Gasteiger partial charge in [-0.15, -0.1) is 12.4 Å². The summed E-state index contributed by atoms with van der Waals surface area (Å²) < 4.78 is 13.5. The van der Waals surface area contributed by atoms with Crippen LogP contribution in [0.2, 0.25) is 5.02 Å². The molecule has 1 atom stereocenters. The smallest absolute Gasteiger partial charge is 0.307 e. The minimum atomic E-state index is -0.801. The molecular weight excluding hydrogens is 334 g/mol. The second kappa shape index (κ2) is 8.31. The fraction of sp³-hybridized carbons (Fsp3) is 0.429. The van der Waals surface area contributed by atoms with E-state index < -0.39 is 11.8 Å². The third kappa shape index (κ3) is 5.12. The van der Waals surface area contributed by atoms with Crippen LogP contribution in [-0.4, -0.2) is 41.5 Å². The highest BCUT2D eigenvalue weighted by atomic mass is 35.5. The first kappa shape index (κ1) is 18.7. The lowest BCUT2D eigenvalue weighted by atomic mass is 10.1. The van der Waals surface area contributed by atoms with Crippen molar-refractivity contribution in [3.8, 4) is 0 Å². The normalized spacial score (nSPS) is 17.8. The van der Waals surface area contributed by atoms with Gasteiger partial charge in [0.15, 0.2) is 0 Å². The van der Waals surface area contributed by atoms with Crippen LogP contribution in [0.3, 0.4) is 0 Å². The van der Waals surface area contributed by atoms with Crippen LogP contribution in [0.25, 0.3) is 0 Å². The number of amides is 1. The maximum atomic E-state index is 13.5. The molecule has 2 rings (SSSR count). The summed E-state index contributed by atoms with van der Waals surface area (Å²) in [4.78, 5) is 24.5. The Kier molecular flexibility index (Phi) is 7.06. The zero-order valence-electron chi connectivity index (χ0n) is 11.7. The van der Waals surface area contributed by atoms with Crippen LogP contribution in [0, 0.1) is 11.7 Å². The molecular formula is C14H17Cl2FN2O3. The van der Waals surface area contributed by atoms with Crippen LogP contribution < -0.4 is 5.32 Å². The van der Waals surface area contributed by atoms with E-state index >= 15 is 0 Å². The summed E-state index contributed by atoms with van der Waals surface area (Å²) in [6.07, 6.45) is 0.789. The largest absolute Gasteiger partial charge is 0.481 e. The molecule has 1 aromatic carbocycles. The van der Waals surface area contributed by atoms with Gasteiger partial charge in [0, 0.05) is 24.5 Å². The molecule has 0 aromatic heterocycles. The standard InChI is InChI=1S/C14H16ClFN2O3.ClH/c15-10-1-2-12(11(16)7-10)17-13(19)4-6-18-5-3-9(8-18)14(20)21;/h1-2,7,9H,3-6,8H2,(H,17,19)(H,20,21);1H. The lowest BCUT2D eigenvalue weighted by Gasteiger charge is -2.14. The highest BCUT2D eigenvalue weighted by Crippen LogP contribution is 2.19. The van der Waals surface area contributed by atoms with Gasteiger partial charge in [0.05, 0.1) is 11.6 Å². The fourth-order valence-electron chi connectivity index (χ4n) is 2.30. The number of carboxylic acids is 1. The van der Waals surface area contributed by atoms with Crippen molar-refractivity contribution in [3.05, 3.63) is 29.0 Å². The summed E-state index contributed by atoms with van der Waals surface area (Å²) in [5, 5.41) is 11.6. The van der Waals surface area contributed by atoms with Crippen LogP contribution >= 0.6 is 24.0 Å². The quantitative estimate of drug-likeness (QED) is 0.856. The number of halogens is 3. The predicted molar refractivity (Wildman–Crippen MR) is 84.1 cm³/mol. The van der Waals surface area contributed by atoms with E-state index in [0.717, 1.165) is 6.07 Å².